The summed E-state index contributed by atoms with van der Waals surface area (Å²) in [4.78, 5) is 23.9. The number of hydrogen-bond donors (Lipinski definition) is 5. The van der Waals surface area contributed by atoms with Crippen molar-refractivity contribution in [3.63, 3.8) is 0 Å². The second-order valence-electron chi connectivity index (χ2n) is 7.40. The van der Waals surface area contributed by atoms with Crippen LogP contribution < -0.4 is 10.5 Å². The molecule has 0 spiro atoms. The molecule has 0 radical (unpaired) electrons. The third-order valence-electron chi connectivity index (χ3n) is 4.79. The second kappa shape index (κ2) is 8.97. The topological polar surface area (TPSA) is 212 Å². The molecule has 172 valence electrons. The van der Waals surface area contributed by atoms with Gasteiger partial charge in [0.25, 0.3) is 5.91 Å². The molecule has 0 saturated carbocycles. The lowest BCUT2D eigenvalue weighted by molar-refractivity contribution is -0.135. The van der Waals surface area contributed by atoms with E-state index in [-0.39, 0.29) is 12.2 Å². The summed E-state index contributed by atoms with van der Waals surface area (Å²) >= 11 is 0. The number of carbonyl (C=O) groups is 1. The molecule has 1 fully saturated rings. The van der Waals surface area contributed by atoms with Crippen molar-refractivity contribution in [3.05, 3.63) is 12.7 Å². The van der Waals surface area contributed by atoms with Crippen molar-refractivity contribution in [2.45, 2.75) is 50.9 Å². The van der Waals surface area contributed by atoms with Crippen LogP contribution in [0.5, 0.6) is 0 Å². The van der Waals surface area contributed by atoms with E-state index >= 15 is 0 Å². The van der Waals surface area contributed by atoms with Crippen LogP contribution in [0.2, 0.25) is 0 Å². The monoisotopic (exact) mass is 460 g/mol. The number of ether oxygens (including phenoxy) is 1. The SMILES string of the molecule is CC(C)[C@H](O)[C@@H](O)C(=O)NS(=O)(=O)OC[C@H]1O[C@@H](n2cnc3c(N)ncnc32)C[C@@H]1O. The van der Waals surface area contributed by atoms with Gasteiger partial charge < -0.3 is 25.8 Å². The smallest absolute Gasteiger partial charge is 0.362 e. The summed E-state index contributed by atoms with van der Waals surface area (Å²) in [7, 11) is -4.63. The summed E-state index contributed by atoms with van der Waals surface area (Å²) in [6.45, 7) is 2.49. The zero-order valence-electron chi connectivity index (χ0n) is 16.7. The van der Waals surface area contributed by atoms with E-state index in [1.807, 2.05) is 0 Å². The van der Waals surface area contributed by atoms with Crippen molar-refractivity contribution in [2.75, 3.05) is 12.3 Å². The van der Waals surface area contributed by atoms with Gasteiger partial charge in [-0.25, -0.2) is 19.7 Å². The van der Waals surface area contributed by atoms with Crippen molar-refractivity contribution in [1.29, 1.82) is 0 Å². The fourth-order valence-electron chi connectivity index (χ4n) is 3.01. The van der Waals surface area contributed by atoms with Crippen LogP contribution in [0, 0.1) is 5.92 Å². The molecule has 6 N–H and O–H groups in total. The molecule has 31 heavy (non-hydrogen) atoms. The largest absolute Gasteiger partial charge is 0.390 e. The van der Waals surface area contributed by atoms with Crippen LogP contribution in [0.25, 0.3) is 11.2 Å². The number of hydrogen-bond acceptors (Lipinski definition) is 12. The van der Waals surface area contributed by atoms with E-state index in [0.29, 0.717) is 11.2 Å². The number of rotatable bonds is 8. The number of anilines is 1. The van der Waals surface area contributed by atoms with Gasteiger partial charge >= 0.3 is 10.3 Å². The Kier molecular flexibility index (Phi) is 6.73. The van der Waals surface area contributed by atoms with E-state index in [2.05, 4.69) is 15.0 Å². The van der Waals surface area contributed by atoms with Crippen LogP contribution in [0.15, 0.2) is 12.7 Å². The molecule has 15 heteroatoms. The number of carbonyl (C=O) groups excluding carboxylic acids is 1. The molecule has 0 aromatic carbocycles. The number of nitrogens with two attached hydrogens (primary N) is 1. The van der Waals surface area contributed by atoms with Crippen LogP contribution in [0.4, 0.5) is 5.82 Å². The highest BCUT2D eigenvalue weighted by atomic mass is 32.2. The number of aliphatic hydroxyl groups is 3. The van der Waals surface area contributed by atoms with Gasteiger partial charge in [0, 0.05) is 6.42 Å². The Morgan fingerprint density at radius 2 is 2.10 bits per heavy atom. The van der Waals surface area contributed by atoms with Crippen molar-refractivity contribution in [1.82, 2.24) is 24.2 Å². The van der Waals surface area contributed by atoms with E-state index in [4.69, 9.17) is 14.7 Å². The molecule has 1 aliphatic heterocycles. The Labute approximate surface area is 177 Å². The number of nitrogens with one attached hydrogen (secondary N) is 1. The highest BCUT2D eigenvalue weighted by Gasteiger charge is 2.37. The summed E-state index contributed by atoms with van der Waals surface area (Å²) in [5.41, 5.74) is 6.48. The van der Waals surface area contributed by atoms with Crippen LogP contribution in [0.1, 0.15) is 26.5 Å². The Morgan fingerprint density at radius 3 is 2.77 bits per heavy atom. The van der Waals surface area contributed by atoms with Gasteiger partial charge in [0.05, 0.1) is 25.1 Å². The first kappa shape index (κ1) is 23.2. The number of amides is 1. The fraction of sp³-hybridized carbons (Fsp3) is 0.625. The molecule has 3 rings (SSSR count). The van der Waals surface area contributed by atoms with Gasteiger partial charge in [-0.1, -0.05) is 13.8 Å². The number of fused-ring (bicyclic) bond motifs is 1. The standard InChI is InChI=1S/C16H24N6O8S/c1-7(2)12(24)13(25)16(26)21-31(27,28)29-4-9-8(23)3-10(30-9)22-6-20-11-14(17)18-5-19-15(11)22/h5-10,12-13,23-25H,3-4H2,1-2H3,(H,21,26)(H2,17,18,19)/t8-,9+,10+,12-,13+/m0/s1. The predicted octanol–water partition coefficient (Wildman–Crippen LogP) is -2.19. The van der Waals surface area contributed by atoms with Crippen molar-refractivity contribution >= 4 is 33.2 Å². The van der Waals surface area contributed by atoms with Crippen LogP contribution in [0.3, 0.4) is 0 Å². The third kappa shape index (κ3) is 5.08. The molecule has 2 aromatic heterocycles. The highest BCUT2D eigenvalue weighted by Crippen LogP contribution is 2.31. The molecule has 0 aliphatic carbocycles. The molecular formula is C16H24N6O8S. The summed E-state index contributed by atoms with van der Waals surface area (Å²) in [6.07, 6.45) is -3.51. The normalized spacial score (nSPS) is 23.9. The lowest BCUT2D eigenvalue weighted by atomic mass is 10.0. The van der Waals surface area contributed by atoms with Crippen molar-refractivity contribution in [2.24, 2.45) is 5.92 Å². The molecule has 0 unspecified atom stereocenters. The van der Waals surface area contributed by atoms with Gasteiger partial charge in [0.2, 0.25) is 0 Å². The molecule has 2 aromatic rings. The molecule has 1 saturated heterocycles. The number of aliphatic hydroxyl groups excluding tert-OH is 3. The van der Waals surface area contributed by atoms with E-state index in [9.17, 15) is 28.5 Å². The maximum Gasteiger partial charge on any atom is 0.362 e. The highest BCUT2D eigenvalue weighted by molar-refractivity contribution is 7.85. The molecule has 1 amide bonds. The second-order valence-corrected chi connectivity index (χ2v) is 8.75. The Balaban J connectivity index is 1.60. The Bertz CT molecular complexity index is 1040. The maximum absolute atomic E-state index is 12.0. The average Bonchev–Trinajstić information content (AvgIpc) is 3.29. The first-order valence-electron chi connectivity index (χ1n) is 9.34. The van der Waals surface area contributed by atoms with Crippen molar-refractivity contribution in [3.8, 4) is 0 Å². The van der Waals surface area contributed by atoms with Crippen LogP contribution >= 0.6 is 0 Å². The summed E-state index contributed by atoms with van der Waals surface area (Å²) in [6, 6.07) is 0. The first-order chi connectivity index (χ1) is 14.5. The van der Waals surface area contributed by atoms with Crippen molar-refractivity contribution < 1.29 is 37.5 Å². The van der Waals surface area contributed by atoms with Gasteiger partial charge in [-0.05, 0) is 5.92 Å². The van der Waals surface area contributed by atoms with Gasteiger partial charge in [0.15, 0.2) is 17.6 Å². The fourth-order valence-corrected chi connectivity index (χ4v) is 3.75. The molecule has 14 nitrogen and oxygen atoms in total. The Morgan fingerprint density at radius 1 is 1.39 bits per heavy atom. The summed E-state index contributed by atoms with van der Waals surface area (Å²) in [5.74, 6) is -1.65. The average molecular weight is 460 g/mol. The predicted molar refractivity (Wildman–Crippen MR) is 104 cm³/mol. The van der Waals surface area contributed by atoms with Crippen LogP contribution in [-0.4, -0.2) is 80.2 Å². The minimum absolute atomic E-state index is 0.0924. The van der Waals surface area contributed by atoms with E-state index in [0.717, 1.165) is 0 Å². The molecular weight excluding hydrogens is 436 g/mol. The van der Waals surface area contributed by atoms with Gasteiger partial charge in [-0.15, -0.1) is 0 Å². The van der Waals surface area contributed by atoms with E-state index < -0.39 is 59.4 Å². The first-order valence-corrected chi connectivity index (χ1v) is 10.7. The van der Waals surface area contributed by atoms with Crippen LogP contribution in [-0.2, 0) is 24.0 Å². The quantitative estimate of drug-likeness (QED) is 0.284. The van der Waals surface area contributed by atoms with Gasteiger partial charge in [-0.2, -0.15) is 8.42 Å². The molecule has 3 heterocycles. The molecule has 1 aliphatic rings. The Hall–Kier alpha value is -2.43. The number of nitrogens with zero attached hydrogens (tertiary/aromatic N) is 4. The van der Waals surface area contributed by atoms with E-state index in [1.54, 1.807) is 13.8 Å². The number of aromatic nitrogens is 4. The third-order valence-corrected chi connectivity index (χ3v) is 5.69. The minimum Gasteiger partial charge on any atom is -0.390 e. The number of imidazole rings is 1. The van der Waals surface area contributed by atoms with Gasteiger partial charge in [-0.3, -0.25) is 13.5 Å². The zero-order chi connectivity index (χ0) is 22.9. The lowest BCUT2D eigenvalue weighted by Crippen LogP contribution is -2.47. The lowest BCUT2D eigenvalue weighted by Gasteiger charge is -2.20. The maximum atomic E-state index is 12.0. The number of nitrogen functional groups attached to an aromatic ring is 1. The van der Waals surface area contributed by atoms with Gasteiger partial charge in [0.1, 0.15) is 24.2 Å². The molecule has 0 bridgehead atoms. The summed E-state index contributed by atoms with van der Waals surface area (Å²) in [5, 5.41) is 29.6. The zero-order valence-corrected chi connectivity index (χ0v) is 17.5. The summed E-state index contributed by atoms with van der Waals surface area (Å²) < 4.78 is 37.4. The minimum atomic E-state index is -4.63. The van der Waals surface area contributed by atoms with E-state index in [1.165, 1.54) is 21.9 Å². The molecule has 5 atom stereocenters.